The van der Waals surface area contributed by atoms with Gasteiger partial charge in [0.15, 0.2) is 0 Å². The first-order chi connectivity index (χ1) is 8.43. The van der Waals surface area contributed by atoms with Crippen LogP contribution in [0.2, 0.25) is 0 Å². The third-order valence-corrected chi connectivity index (χ3v) is 2.63. The molecule has 18 heavy (non-hydrogen) atoms. The van der Waals surface area contributed by atoms with Crippen LogP contribution in [0, 0.1) is 5.92 Å². The first-order valence-electron chi connectivity index (χ1n) is 5.41. The minimum Gasteiger partial charge on any atom is -0.356 e. The van der Waals surface area contributed by atoms with E-state index < -0.39 is 28.9 Å². The Morgan fingerprint density at radius 2 is 1.61 bits per heavy atom. The molecule has 1 aliphatic carbocycles. The van der Waals surface area contributed by atoms with Crippen molar-refractivity contribution in [3.63, 3.8) is 0 Å². The molecule has 10 nitrogen and oxygen atoms in total. The number of carbonyl (C=O) groups excluding carboxylic acids is 1. The van der Waals surface area contributed by atoms with Crippen LogP contribution in [0.15, 0.2) is 0 Å². The van der Waals surface area contributed by atoms with Gasteiger partial charge in [-0.25, -0.2) is 9.68 Å². The highest BCUT2D eigenvalue weighted by Crippen LogP contribution is 2.31. The third-order valence-electron chi connectivity index (χ3n) is 2.63. The minimum atomic E-state index is -0.894. The largest absolute Gasteiger partial charge is 0.356 e. The Balaban J connectivity index is 2.60. The summed E-state index contributed by atoms with van der Waals surface area (Å²) in [6, 6.07) is 0. The van der Waals surface area contributed by atoms with E-state index in [0.29, 0.717) is 6.54 Å². The summed E-state index contributed by atoms with van der Waals surface area (Å²) >= 11 is 0. The summed E-state index contributed by atoms with van der Waals surface area (Å²) in [5.74, 6) is -0.707. The number of nitrogens with zero attached hydrogens (tertiary/aromatic N) is 2. The molecular formula is C8H17N3O7. The van der Waals surface area contributed by atoms with Crippen molar-refractivity contribution in [2.75, 3.05) is 6.54 Å². The Hall–Kier alpha value is -0.850. The zero-order valence-corrected chi connectivity index (χ0v) is 9.76. The highest BCUT2D eigenvalue weighted by atomic mass is 17.1. The molecule has 0 bridgehead atoms. The Kier molecular flexibility index (Phi) is 5.84. The highest BCUT2D eigenvalue weighted by Gasteiger charge is 2.41. The lowest BCUT2D eigenvalue weighted by Gasteiger charge is -2.20. The molecule has 0 aromatic rings. The van der Waals surface area contributed by atoms with E-state index in [1.165, 1.54) is 0 Å². The predicted molar refractivity (Wildman–Crippen MR) is 52.0 cm³/mol. The number of amides is 1. The van der Waals surface area contributed by atoms with Crippen LogP contribution >= 0.6 is 0 Å². The van der Waals surface area contributed by atoms with Crippen LogP contribution in [0.5, 0.6) is 0 Å². The van der Waals surface area contributed by atoms with E-state index in [1.807, 2.05) is 0 Å². The molecule has 1 rings (SSSR count). The molecule has 3 atom stereocenters. The zero-order valence-electron chi connectivity index (χ0n) is 9.76. The van der Waals surface area contributed by atoms with Gasteiger partial charge >= 0.3 is 0 Å². The molecule has 1 aliphatic rings. The Bertz CT molecular complexity index is 257. The maximum Gasteiger partial charge on any atom is 0.223 e. The van der Waals surface area contributed by atoms with Crippen molar-refractivity contribution in [2.45, 2.75) is 32.0 Å². The molecule has 10 heteroatoms. The maximum atomic E-state index is 11.6. The zero-order chi connectivity index (χ0) is 13.7. The molecule has 1 saturated carbocycles. The van der Waals surface area contributed by atoms with Crippen LogP contribution in [-0.2, 0) is 14.5 Å². The van der Waals surface area contributed by atoms with Gasteiger partial charge in [-0.3, -0.25) is 25.6 Å². The quantitative estimate of drug-likeness (QED) is 0.395. The molecule has 0 spiro atoms. The maximum absolute atomic E-state index is 11.6. The Morgan fingerprint density at radius 3 is 1.94 bits per heavy atom. The molecule has 1 fully saturated rings. The summed E-state index contributed by atoms with van der Waals surface area (Å²) in [4.78, 5) is 20.8. The third kappa shape index (κ3) is 4.44. The van der Waals surface area contributed by atoms with Crippen LogP contribution in [0.4, 0.5) is 0 Å². The number of hydrogen-bond acceptors (Lipinski definition) is 9. The van der Waals surface area contributed by atoms with Gasteiger partial charge in [0.05, 0.1) is 10.8 Å². The molecule has 1 amide bonds. The van der Waals surface area contributed by atoms with E-state index in [2.05, 4.69) is 15.0 Å². The molecule has 0 heterocycles. The van der Waals surface area contributed by atoms with Crippen LogP contribution in [-0.4, -0.2) is 56.3 Å². The van der Waals surface area contributed by atoms with Gasteiger partial charge in [-0.1, -0.05) is 0 Å². The molecule has 0 aromatic heterocycles. The molecule has 0 radical (unpaired) electrons. The fourth-order valence-corrected chi connectivity index (χ4v) is 1.96. The Labute approximate surface area is 103 Å². The van der Waals surface area contributed by atoms with Crippen molar-refractivity contribution in [1.82, 2.24) is 16.1 Å². The van der Waals surface area contributed by atoms with E-state index in [1.54, 1.807) is 6.92 Å². The standard InChI is InChI=1S/C8H17N3O7/c1-2-9-8(12)5-3-6(17-10(13)14)7(4-5)18-11(15)16/h5-7,13-16H,2-4H2,1H3,(H,9,12)/t5?,6-,7+. The molecular weight excluding hydrogens is 250 g/mol. The highest BCUT2D eigenvalue weighted by molar-refractivity contribution is 5.79. The molecule has 0 aliphatic heterocycles. The summed E-state index contributed by atoms with van der Waals surface area (Å²) < 4.78 is 0. The van der Waals surface area contributed by atoms with Gasteiger partial charge in [-0.2, -0.15) is 0 Å². The van der Waals surface area contributed by atoms with Gasteiger partial charge in [0, 0.05) is 12.5 Å². The SMILES string of the molecule is CCNC(=O)C1C[C@H](ON(O)O)[C@H](ON(O)O)C1. The van der Waals surface area contributed by atoms with Crippen LogP contribution in [0.1, 0.15) is 19.8 Å². The van der Waals surface area contributed by atoms with Gasteiger partial charge < -0.3 is 5.32 Å². The van der Waals surface area contributed by atoms with E-state index in [-0.39, 0.29) is 18.7 Å². The average Bonchev–Trinajstić information content (AvgIpc) is 2.60. The summed E-state index contributed by atoms with van der Waals surface area (Å²) in [5, 5.41) is 35.9. The van der Waals surface area contributed by atoms with Crippen LogP contribution in [0.25, 0.3) is 0 Å². The van der Waals surface area contributed by atoms with Crippen molar-refractivity contribution >= 4 is 5.91 Å². The molecule has 1 unspecified atom stereocenters. The van der Waals surface area contributed by atoms with Crippen molar-refractivity contribution in [2.24, 2.45) is 5.92 Å². The van der Waals surface area contributed by atoms with Crippen LogP contribution in [0.3, 0.4) is 0 Å². The van der Waals surface area contributed by atoms with E-state index in [4.69, 9.17) is 20.8 Å². The number of nitrogens with one attached hydrogen (secondary N) is 1. The van der Waals surface area contributed by atoms with Crippen molar-refractivity contribution < 1.29 is 35.3 Å². The normalized spacial score (nSPS) is 28.1. The Morgan fingerprint density at radius 1 is 1.17 bits per heavy atom. The first-order valence-corrected chi connectivity index (χ1v) is 5.41. The predicted octanol–water partition coefficient (Wildman–Crippen LogP) is -0.706. The summed E-state index contributed by atoms with van der Waals surface area (Å²) in [6.45, 7) is 2.23. The van der Waals surface area contributed by atoms with Crippen molar-refractivity contribution in [1.29, 1.82) is 0 Å². The monoisotopic (exact) mass is 267 g/mol. The lowest BCUT2D eigenvalue weighted by atomic mass is 10.1. The average molecular weight is 267 g/mol. The van der Waals surface area contributed by atoms with Crippen molar-refractivity contribution in [3.8, 4) is 0 Å². The van der Waals surface area contributed by atoms with Gasteiger partial charge in [0.1, 0.15) is 12.2 Å². The minimum absolute atomic E-state index is 0.155. The second-order valence-corrected chi connectivity index (χ2v) is 3.86. The molecule has 0 saturated heterocycles. The first kappa shape index (κ1) is 15.2. The molecule has 5 N–H and O–H groups in total. The smallest absolute Gasteiger partial charge is 0.223 e. The number of hydrogen-bond donors (Lipinski definition) is 5. The van der Waals surface area contributed by atoms with Gasteiger partial charge in [-0.05, 0) is 19.8 Å². The summed E-state index contributed by atoms with van der Waals surface area (Å²) in [6.07, 6.45) is -1.48. The number of rotatable bonds is 6. The fraction of sp³-hybridized carbons (Fsp3) is 0.875. The fourth-order valence-electron chi connectivity index (χ4n) is 1.96. The van der Waals surface area contributed by atoms with Gasteiger partial charge in [0.2, 0.25) is 5.91 Å². The van der Waals surface area contributed by atoms with E-state index in [9.17, 15) is 4.79 Å². The molecule has 0 aromatic carbocycles. The summed E-state index contributed by atoms with van der Waals surface area (Å²) in [7, 11) is 0. The lowest BCUT2D eigenvalue weighted by molar-refractivity contribution is -0.535. The molecule has 106 valence electrons. The van der Waals surface area contributed by atoms with Gasteiger partial charge in [0.25, 0.3) is 0 Å². The van der Waals surface area contributed by atoms with E-state index >= 15 is 0 Å². The lowest BCUT2D eigenvalue weighted by Crippen LogP contribution is -2.35. The van der Waals surface area contributed by atoms with E-state index in [0.717, 1.165) is 0 Å². The van der Waals surface area contributed by atoms with Crippen LogP contribution < -0.4 is 5.32 Å². The second kappa shape index (κ2) is 6.92. The van der Waals surface area contributed by atoms with Crippen molar-refractivity contribution in [3.05, 3.63) is 0 Å². The topological polar surface area (TPSA) is 135 Å². The van der Waals surface area contributed by atoms with Gasteiger partial charge in [-0.15, -0.1) is 0 Å². The summed E-state index contributed by atoms with van der Waals surface area (Å²) in [5.41, 5.74) is 0. The second-order valence-electron chi connectivity index (χ2n) is 3.86. The number of carbonyl (C=O) groups is 1.